The summed E-state index contributed by atoms with van der Waals surface area (Å²) in [5, 5.41) is 5.01. The number of amides is 1. The largest absolute Gasteiger partial charge is 0.358 e. The van der Waals surface area contributed by atoms with Crippen LogP contribution in [-0.2, 0) is 10.5 Å². The Hall–Kier alpha value is -2.12. The maximum absolute atomic E-state index is 12.5. The predicted molar refractivity (Wildman–Crippen MR) is 101 cm³/mol. The van der Waals surface area contributed by atoms with Crippen molar-refractivity contribution in [1.29, 1.82) is 0 Å². The van der Waals surface area contributed by atoms with E-state index >= 15 is 0 Å². The number of hydrogen-bond acceptors (Lipinski definition) is 5. The third-order valence-corrected chi connectivity index (χ3v) is 5.69. The highest BCUT2D eigenvalue weighted by Crippen LogP contribution is 2.30. The lowest BCUT2D eigenvalue weighted by atomic mass is 10.1. The van der Waals surface area contributed by atoms with Gasteiger partial charge in [-0.1, -0.05) is 30.3 Å². The van der Waals surface area contributed by atoms with Crippen LogP contribution < -0.4 is 10.9 Å². The molecule has 0 bridgehead atoms. The van der Waals surface area contributed by atoms with Gasteiger partial charge in [0, 0.05) is 18.0 Å². The zero-order valence-corrected chi connectivity index (χ0v) is 15.0. The number of nitrogens with one attached hydrogen (secondary N) is 2. The Morgan fingerprint density at radius 1 is 1.38 bits per heavy atom. The molecule has 0 saturated heterocycles. The first-order chi connectivity index (χ1) is 11.6. The van der Waals surface area contributed by atoms with Crippen molar-refractivity contribution in [2.75, 3.05) is 7.05 Å². The molecule has 0 unspecified atom stereocenters. The maximum atomic E-state index is 12.5. The fourth-order valence-electron chi connectivity index (χ4n) is 2.37. The summed E-state index contributed by atoms with van der Waals surface area (Å²) in [4.78, 5) is 32.2. The van der Waals surface area contributed by atoms with Gasteiger partial charge in [-0.05, 0) is 12.5 Å². The number of rotatable bonds is 5. The highest BCUT2D eigenvalue weighted by Gasteiger charge is 2.15. The highest BCUT2D eigenvalue weighted by atomic mass is 32.2. The molecule has 0 fully saturated rings. The molecule has 2 aromatic heterocycles. The molecule has 0 radical (unpaired) electrons. The Morgan fingerprint density at radius 2 is 2.12 bits per heavy atom. The second-order valence-electron chi connectivity index (χ2n) is 5.28. The topological polar surface area (TPSA) is 74.8 Å². The van der Waals surface area contributed by atoms with E-state index in [1.54, 1.807) is 7.05 Å². The van der Waals surface area contributed by atoms with Gasteiger partial charge in [-0.25, -0.2) is 4.98 Å². The molecule has 7 heteroatoms. The lowest BCUT2D eigenvalue weighted by molar-refractivity contribution is -0.119. The lowest BCUT2D eigenvalue weighted by Gasteiger charge is -2.08. The molecule has 1 amide bonds. The second kappa shape index (κ2) is 7.19. The van der Waals surface area contributed by atoms with E-state index < -0.39 is 0 Å². The molecule has 2 N–H and O–H groups in total. The zero-order chi connectivity index (χ0) is 17.1. The number of carbonyl (C=O) groups is 1. The van der Waals surface area contributed by atoms with E-state index in [1.165, 1.54) is 23.1 Å². The van der Waals surface area contributed by atoms with E-state index in [4.69, 9.17) is 0 Å². The van der Waals surface area contributed by atoms with Gasteiger partial charge in [0.2, 0.25) is 5.91 Å². The first-order valence-corrected chi connectivity index (χ1v) is 9.42. The molecule has 0 saturated carbocycles. The fraction of sp³-hybridized carbons (Fsp3) is 0.235. The normalized spacial score (nSPS) is 12.2. The van der Waals surface area contributed by atoms with Crippen LogP contribution in [0.25, 0.3) is 21.3 Å². The van der Waals surface area contributed by atoms with E-state index in [0.29, 0.717) is 17.0 Å². The van der Waals surface area contributed by atoms with Crippen molar-refractivity contribution in [3.63, 3.8) is 0 Å². The fourth-order valence-corrected chi connectivity index (χ4v) is 4.16. The molecule has 124 valence electrons. The van der Waals surface area contributed by atoms with Crippen LogP contribution in [0.3, 0.4) is 0 Å². The summed E-state index contributed by atoms with van der Waals surface area (Å²) in [6.07, 6.45) is 0. The van der Waals surface area contributed by atoms with Gasteiger partial charge in [0.25, 0.3) is 5.56 Å². The molecule has 1 aromatic carbocycles. The van der Waals surface area contributed by atoms with Gasteiger partial charge in [-0.3, -0.25) is 9.59 Å². The molecule has 0 aliphatic carbocycles. The van der Waals surface area contributed by atoms with Gasteiger partial charge in [0.1, 0.15) is 10.7 Å². The number of aromatic nitrogens is 2. The summed E-state index contributed by atoms with van der Waals surface area (Å²) in [7, 11) is 1.61. The molecule has 5 nitrogen and oxygen atoms in total. The Labute approximate surface area is 147 Å². The van der Waals surface area contributed by atoms with Crippen LogP contribution in [0.1, 0.15) is 12.7 Å². The summed E-state index contributed by atoms with van der Waals surface area (Å²) in [6.45, 7) is 1.83. The Balaban J connectivity index is 1.90. The van der Waals surface area contributed by atoms with Crippen LogP contribution in [0.4, 0.5) is 0 Å². The molecular weight excluding hydrogens is 342 g/mol. The summed E-state index contributed by atoms with van der Waals surface area (Å²) in [5.74, 6) is 1.04. The van der Waals surface area contributed by atoms with Gasteiger partial charge in [-0.15, -0.1) is 23.1 Å². The van der Waals surface area contributed by atoms with Gasteiger partial charge in [-0.2, -0.15) is 0 Å². The summed E-state index contributed by atoms with van der Waals surface area (Å²) >= 11 is 2.91. The quantitative estimate of drug-likeness (QED) is 0.734. The molecule has 3 aromatic rings. The molecule has 1 atom stereocenters. The first kappa shape index (κ1) is 16.7. The standard InChI is InChI=1S/C17H17N3O2S2/c1-10(15(21)18-2)23-9-13-19-16(22)14-12(8-24-17(14)20-13)11-6-4-3-5-7-11/h3-8,10H,9H2,1-2H3,(H,18,21)(H,19,20,22)/t10-/m0/s1. The van der Waals surface area contributed by atoms with Gasteiger partial charge in [0.15, 0.2) is 0 Å². The van der Waals surface area contributed by atoms with Crippen LogP contribution in [0.2, 0.25) is 0 Å². The SMILES string of the molecule is CNC(=O)[C@H](C)SCc1nc2scc(-c3ccccc3)c2c(=O)[nH]1. The number of benzene rings is 1. The molecule has 3 rings (SSSR count). The minimum absolute atomic E-state index is 0.0362. The number of aromatic amines is 1. The van der Waals surface area contributed by atoms with Gasteiger partial charge >= 0.3 is 0 Å². The lowest BCUT2D eigenvalue weighted by Crippen LogP contribution is -2.27. The van der Waals surface area contributed by atoms with E-state index in [-0.39, 0.29) is 16.7 Å². The number of fused-ring (bicyclic) bond motifs is 1. The molecule has 24 heavy (non-hydrogen) atoms. The van der Waals surface area contributed by atoms with Crippen LogP contribution in [0, 0.1) is 0 Å². The van der Waals surface area contributed by atoms with Crippen molar-refractivity contribution in [2.45, 2.75) is 17.9 Å². The number of thioether (sulfide) groups is 1. The average molecular weight is 359 g/mol. The number of H-pyrrole nitrogens is 1. The summed E-state index contributed by atoms with van der Waals surface area (Å²) < 4.78 is 0. The first-order valence-electron chi connectivity index (χ1n) is 7.49. The van der Waals surface area contributed by atoms with Crippen molar-refractivity contribution in [2.24, 2.45) is 0 Å². The van der Waals surface area contributed by atoms with Crippen molar-refractivity contribution in [3.05, 3.63) is 51.9 Å². The number of hydrogen-bond donors (Lipinski definition) is 2. The summed E-state index contributed by atoms with van der Waals surface area (Å²) in [6, 6.07) is 9.81. The Morgan fingerprint density at radius 3 is 2.83 bits per heavy atom. The van der Waals surface area contributed by atoms with Crippen LogP contribution in [-0.4, -0.2) is 28.2 Å². The predicted octanol–water partition coefficient (Wildman–Crippen LogP) is 3.02. The van der Waals surface area contributed by atoms with E-state index in [9.17, 15) is 9.59 Å². The molecule has 2 heterocycles. The van der Waals surface area contributed by atoms with Crippen molar-refractivity contribution in [3.8, 4) is 11.1 Å². The number of thiophene rings is 1. The minimum Gasteiger partial charge on any atom is -0.358 e. The molecule has 0 spiro atoms. The van der Waals surface area contributed by atoms with Crippen molar-refractivity contribution in [1.82, 2.24) is 15.3 Å². The van der Waals surface area contributed by atoms with E-state index in [1.807, 2.05) is 42.6 Å². The third kappa shape index (κ3) is 3.37. The smallest absolute Gasteiger partial charge is 0.260 e. The third-order valence-electron chi connectivity index (χ3n) is 3.66. The van der Waals surface area contributed by atoms with Crippen LogP contribution in [0.15, 0.2) is 40.5 Å². The Kier molecular flexibility index (Phi) is 5.01. The van der Waals surface area contributed by atoms with Crippen molar-refractivity contribution < 1.29 is 4.79 Å². The van der Waals surface area contributed by atoms with Crippen LogP contribution in [0.5, 0.6) is 0 Å². The zero-order valence-electron chi connectivity index (χ0n) is 13.3. The second-order valence-corrected chi connectivity index (χ2v) is 7.46. The number of carbonyl (C=O) groups excluding carboxylic acids is 1. The maximum Gasteiger partial charge on any atom is 0.260 e. The van der Waals surface area contributed by atoms with Crippen molar-refractivity contribution >= 4 is 39.2 Å². The molecule has 0 aliphatic rings. The summed E-state index contributed by atoms with van der Waals surface area (Å²) in [5.41, 5.74) is 1.77. The van der Waals surface area contributed by atoms with Crippen LogP contribution >= 0.6 is 23.1 Å². The monoisotopic (exact) mass is 359 g/mol. The van der Waals surface area contributed by atoms with E-state index in [0.717, 1.165) is 16.0 Å². The van der Waals surface area contributed by atoms with Gasteiger partial charge in [0.05, 0.1) is 16.4 Å². The average Bonchev–Trinajstić information content (AvgIpc) is 3.04. The molecule has 0 aliphatic heterocycles. The van der Waals surface area contributed by atoms with E-state index in [2.05, 4.69) is 15.3 Å². The molecular formula is C17H17N3O2S2. The number of nitrogens with zero attached hydrogens (tertiary/aromatic N) is 1. The Bertz CT molecular complexity index is 918. The minimum atomic E-state index is -0.195. The van der Waals surface area contributed by atoms with Gasteiger partial charge < -0.3 is 10.3 Å². The highest BCUT2D eigenvalue weighted by molar-refractivity contribution is 7.99.